The molecule has 2 amide bonds. The SMILES string of the molecule is CCNC(=NCCNC(=O)C(C)C)N1CCC(CN(CC)C(=O)OC(C)(C)C)CC1. The van der Waals surface area contributed by atoms with Gasteiger partial charge in [-0.3, -0.25) is 9.79 Å². The van der Waals surface area contributed by atoms with Crippen molar-refractivity contribution in [2.75, 3.05) is 45.8 Å². The van der Waals surface area contributed by atoms with Crippen molar-refractivity contribution in [3.05, 3.63) is 0 Å². The molecule has 0 bridgehead atoms. The number of piperidine rings is 1. The fourth-order valence-corrected chi connectivity index (χ4v) is 3.27. The molecule has 30 heavy (non-hydrogen) atoms. The smallest absolute Gasteiger partial charge is 0.410 e. The number of carbonyl (C=O) groups is 2. The van der Waals surface area contributed by atoms with Gasteiger partial charge in [0.2, 0.25) is 5.91 Å². The van der Waals surface area contributed by atoms with Crippen molar-refractivity contribution in [3.8, 4) is 0 Å². The van der Waals surface area contributed by atoms with E-state index in [9.17, 15) is 9.59 Å². The zero-order chi connectivity index (χ0) is 22.7. The van der Waals surface area contributed by atoms with Crippen LogP contribution in [0, 0.1) is 11.8 Å². The number of amides is 2. The average molecular weight is 426 g/mol. The first kappa shape index (κ1) is 26.0. The van der Waals surface area contributed by atoms with E-state index in [1.54, 1.807) is 0 Å². The second-order valence-electron chi connectivity index (χ2n) is 9.13. The van der Waals surface area contributed by atoms with E-state index < -0.39 is 5.60 Å². The standard InChI is InChI=1S/C22H43N5O3/c1-8-23-20(25-13-12-24-19(28)17(3)4)27-14-10-18(11-15-27)16-26(9-2)21(29)30-22(5,6)7/h17-18H,8-16H2,1-7H3,(H,23,25)(H,24,28). The highest BCUT2D eigenvalue weighted by Crippen LogP contribution is 2.20. The molecule has 8 heteroatoms. The van der Waals surface area contributed by atoms with Crippen LogP contribution in [-0.4, -0.2) is 79.2 Å². The van der Waals surface area contributed by atoms with E-state index in [1.165, 1.54) is 0 Å². The summed E-state index contributed by atoms with van der Waals surface area (Å²) in [7, 11) is 0. The van der Waals surface area contributed by atoms with Crippen molar-refractivity contribution in [1.29, 1.82) is 0 Å². The Kier molecular flexibility index (Phi) is 11.0. The molecule has 1 aliphatic heterocycles. The van der Waals surface area contributed by atoms with E-state index in [2.05, 4.69) is 27.4 Å². The van der Waals surface area contributed by atoms with Crippen LogP contribution in [-0.2, 0) is 9.53 Å². The predicted octanol–water partition coefficient (Wildman–Crippen LogP) is 2.69. The molecule has 0 unspecified atom stereocenters. The maximum absolute atomic E-state index is 12.4. The molecule has 1 fully saturated rings. The molecule has 1 rings (SSSR count). The van der Waals surface area contributed by atoms with E-state index in [4.69, 9.17) is 4.74 Å². The Bertz CT molecular complexity index is 564. The van der Waals surface area contributed by atoms with Crippen molar-refractivity contribution in [1.82, 2.24) is 20.4 Å². The summed E-state index contributed by atoms with van der Waals surface area (Å²) >= 11 is 0. The maximum Gasteiger partial charge on any atom is 0.410 e. The van der Waals surface area contributed by atoms with Crippen LogP contribution in [0.5, 0.6) is 0 Å². The molecule has 1 aliphatic rings. The molecule has 0 spiro atoms. The van der Waals surface area contributed by atoms with Crippen molar-refractivity contribution >= 4 is 18.0 Å². The zero-order valence-electron chi connectivity index (χ0n) is 20.1. The molecule has 0 aliphatic carbocycles. The average Bonchev–Trinajstić information content (AvgIpc) is 2.67. The van der Waals surface area contributed by atoms with Crippen molar-refractivity contribution in [2.24, 2.45) is 16.8 Å². The van der Waals surface area contributed by atoms with Gasteiger partial charge in [-0.1, -0.05) is 13.8 Å². The van der Waals surface area contributed by atoms with Crippen molar-refractivity contribution in [3.63, 3.8) is 0 Å². The molecule has 8 nitrogen and oxygen atoms in total. The Labute approximate surface area is 182 Å². The van der Waals surface area contributed by atoms with Crippen LogP contribution in [0.3, 0.4) is 0 Å². The number of rotatable bonds is 8. The largest absolute Gasteiger partial charge is 0.444 e. The minimum absolute atomic E-state index is 0.00962. The Balaban J connectivity index is 2.53. The van der Waals surface area contributed by atoms with Crippen LogP contribution < -0.4 is 10.6 Å². The monoisotopic (exact) mass is 425 g/mol. The van der Waals surface area contributed by atoms with Crippen LogP contribution >= 0.6 is 0 Å². The quantitative estimate of drug-likeness (QED) is 0.355. The van der Waals surface area contributed by atoms with Crippen LogP contribution in [0.15, 0.2) is 4.99 Å². The van der Waals surface area contributed by atoms with Crippen LogP contribution in [0.25, 0.3) is 0 Å². The van der Waals surface area contributed by atoms with E-state index in [0.29, 0.717) is 25.6 Å². The minimum Gasteiger partial charge on any atom is -0.444 e. The van der Waals surface area contributed by atoms with E-state index in [0.717, 1.165) is 45.0 Å². The number of hydrogen-bond donors (Lipinski definition) is 2. The lowest BCUT2D eigenvalue weighted by Gasteiger charge is -2.36. The maximum atomic E-state index is 12.4. The van der Waals surface area contributed by atoms with Gasteiger partial charge in [-0.15, -0.1) is 0 Å². The Hall–Kier alpha value is -1.99. The highest BCUT2D eigenvalue weighted by molar-refractivity contribution is 5.80. The number of nitrogens with zero attached hydrogens (tertiary/aromatic N) is 3. The normalized spacial score (nSPS) is 15.9. The van der Waals surface area contributed by atoms with E-state index in [-0.39, 0.29) is 17.9 Å². The fraction of sp³-hybridized carbons (Fsp3) is 0.864. The summed E-state index contributed by atoms with van der Waals surface area (Å²) < 4.78 is 5.53. The number of likely N-dealkylation sites (tertiary alicyclic amines) is 1. The third-order valence-electron chi connectivity index (χ3n) is 4.96. The zero-order valence-corrected chi connectivity index (χ0v) is 20.1. The number of ether oxygens (including phenoxy) is 1. The number of hydrogen-bond acceptors (Lipinski definition) is 4. The summed E-state index contributed by atoms with van der Waals surface area (Å²) in [6.45, 7) is 18.6. The summed E-state index contributed by atoms with van der Waals surface area (Å²) in [6.07, 6.45) is 1.78. The van der Waals surface area contributed by atoms with Gasteiger partial charge in [0.1, 0.15) is 5.60 Å². The molecule has 2 N–H and O–H groups in total. The molecule has 0 radical (unpaired) electrons. The lowest BCUT2D eigenvalue weighted by molar-refractivity contribution is -0.123. The summed E-state index contributed by atoms with van der Waals surface area (Å²) in [5.41, 5.74) is -0.473. The van der Waals surface area contributed by atoms with Crippen LogP contribution in [0.1, 0.15) is 61.3 Å². The molecular formula is C22H43N5O3. The second kappa shape index (κ2) is 12.6. The fourth-order valence-electron chi connectivity index (χ4n) is 3.27. The van der Waals surface area contributed by atoms with Gasteiger partial charge in [0, 0.05) is 45.2 Å². The summed E-state index contributed by atoms with van der Waals surface area (Å²) in [4.78, 5) is 32.8. The molecule has 0 atom stereocenters. The van der Waals surface area contributed by atoms with Gasteiger partial charge in [0.25, 0.3) is 0 Å². The summed E-state index contributed by atoms with van der Waals surface area (Å²) in [5.74, 6) is 1.40. The first-order valence-corrected chi connectivity index (χ1v) is 11.4. The Morgan fingerprint density at radius 2 is 1.80 bits per heavy atom. The molecule has 0 aromatic rings. The van der Waals surface area contributed by atoms with E-state index >= 15 is 0 Å². The molecule has 174 valence electrons. The van der Waals surface area contributed by atoms with Crippen LogP contribution in [0.2, 0.25) is 0 Å². The number of aliphatic imine (C=N–C) groups is 1. The number of carbonyl (C=O) groups excluding carboxylic acids is 2. The van der Waals surface area contributed by atoms with Gasteiger partial charge in [0.15, 0.2) is 5.96 Å². The second-order valence-corrected chi connectivity index (χ2v) is 9.13. The van der Waals surface area contributed by atoms with Gasteiger partial charge < -0.3 is 25.2 Å². The van der Waals surface area contributed by atoms with Gasteiger partial charge >= 0.3 is 6.09 Å². The Morgan fingerprint density at radius 3 is 2.30 bits per heavy atom. The summed E-state index contributed by atoms with van der Waals surface area (Å²) in [5, 5.41) is 6.26. The molecule has 1 saturated heterocycles. The van der Waals surface area contributed by atoms with E-state index in [1.807, 2.05) is 46.4 Å². The first-order chi connectivity index (χ1) is 14.1. The third kappa shape index (κ3) is 9.67. The predicted molar refractivity (Wildman–Crippen MR) is 122 cm³/mol. The van der Waals surface area contributed by atoms with Crippen LogP contribution in [0.4, 0.5) is 4.79 Å². The van der Waals surface area contributed by atoms with Gasteiger partial charge in [-0.2, -0.15) is 0 Å². The van der Waals surface area contributed by atoms with Crippen molar-refractivity contribution in [2.45, 2.75) is 66.9 Å². The summed E-state index contributed by atoms with van der Waals surface area (Å²) in [6, 6.07) is 0. The molecule has 0 aromatic heterocycles. The van der Waals surface area contributed by atoms with Crippen molar-refractivity contribution < 1.29 is 14.3 Å². The Morgan fingerprint density at radius 1 is 1.17 bits per heavy atom. The highest BCUT2D eigenvalue weighted by atomic mass is 16.6. The first-order valence-electron chi connectivity index (χ1n) is 11.4. The molecule has 1 heterocycles. The van der Waals surface area contributed by atoms with Gasteiger partial charge in [0.05, 0.1) is 6.54 Å². The third-order valence-corrected chi connectivity index (χ3v) is 4.96. The lowest BCUT2D eigenvalue weighted by atomic mass is 9.96. The molecular weight excluding hydrogens is 382 g/mol. The number of guanidine groups is 1. The minimum atomic E-state index is -0.473. The topological polar surface area (TPSA) is 86.3 Å². The van der Waals surface area contributed by atoms with Gasteiger partial charge in [-0.05, 0) is 53.4 Å². The number of nitrogens with one attached hydrogen (secondary N) is 2. The highest BCUT2D eigenvalue weighted by Gasteiger charge is 2.27. The lowest BCUT2D eigenvalue weighted by Crippen LogP contribution is -2.48. The van der Waals surface area contributed by atoms with Gasteiger partial charge in [-0.25, -0.2) is 4.79 Å². The molecule has 0 saturated carbocycles. The molecule has 0 aromatic carbocycles.